The molecular weight excluding hydrogens is 396 g/mol. The number of fused-ring (bicyclic) bond motifs is 1. The first-order valence-electron chi connectivity index (χ1n) is 10.8. The molecule has 1 aromatic carbocycles. The maximum Gasteiger partial charge on any atom is 0.411 e. The van der Waals surface area contributed by atoms with Crippen molar-refractivity contribution in [1.82, 2.24) is 14.7 Å². The van der Waals surface area contributed by atoms with Crippen LogP contribution in [0.1, 0.15) is 50.8 Å². The maximum absolute atomic E-state index is 13.3. The van der Waals surface area contributed by atoms with Crippen LogP contribution in [0, 0.1) is 0 Å². The third-order valence-electron chi connectivity index (χ3n) is 5.48. The van der Waals surface area contributed by atoms with E-state index >= 15 is 0 Å². The molecule has 0 spiro atoms. The van der Waals surface area contributed by atoms with Crippen LogP contribution >= 0.6 is 0 Å². The third-order valence-corrected chi connectivity index (χ3v) is 5.48. The topological polar surface area (TPSA) is 85.7 Å². The summed E-state index contributed by atoms with van der Waals surface area (Å²) in [6.07, 6.45) is 5.86. The average Bonchev–Trinajstić information content (AvgIpc) is 3.38. The first kappa shape index (κ1) is 21.4. The molecule has 0 bridgehead atoms. The predicted octanol–water partition coefficient (Wildman–Crippen LogP) is 3.54. The lowest BCUT2D eigenvalue weighted by Gasteiger charge is -2.37. The van der Waals surface area contributed by atoms with Crippen LogP contribution in [0.2, 0.25) is 0 Å². The van der Waals surface area contributed by atoms with Crippen LogP contribution in [0.25, 0.3) is 0 Å². The fourth-order valence-electron chi connectivity index (χ4n) is 4.10. The van der Waals surface area contributed by atoms with Crippen molar-refractivity contribution in [2.45, 2.75) is 64.3 Å². The second-order valence-corrected chi connectivity index (χ2v) is 9.10. The molecule has 2 aliphatic rings. The molecule has 2 aliphatic heterocycles. The van der Waals surface area contributed by atoms with E-state index in [1.54, 1.807) is 17.1 Å². The third kappa shape index (κ3) is 5.07. The van der Waals surface area contributed by atoms with Gasteiger partial charge in [0.2, 0.25) is 0 Å². The molecule has 2 amide bonds. The van der Waals surface area contributed by atoms with E-state index in [9.17, 15) is 9.59 Å². The predicted molar refractivity (Wildman–Crippen MR) is 116 cm³/mol. The lowest BCUT2D eigenvalue weighted by atomic mass is 9.92. The van der Waals surface area contributed by atoms with E-state index in [0.29, 0.717) is 25.2 Å². The van der Waals surface area contributed by atoms with Gasteiger partial charge in [0.15, 0.2) is 0 Å². The number of nitrogens with zero attached hydrogens (tertiary/aromatic N) is 3. The van der Waals surface area contributed by atoms with Gasteiger partial charge in [0, 0.05) is 19.3 Å². The fraction of sp³-hybridized carbons (Fsp3) is 0.522. The summed E-state index contributed by atoms with van der Waals surface area (Å²) in [6.45, 7) is 7.33. The number of anilines is 1. The molecule has 166 valence electrons. The Kier molecular flexibility index (Phi) is 6.00. The molecule has 2 aromatic rings. The van der Waals surface area contributed by atoms with E-state index in [2.05, 4.69) is 10.4 Å². The molecule has 0 aliphatic carbocycles. The smallest absolute Gasteiger partial charge is 0.411 e. The number of benzene rings is 1. The Labute approximate surface area is 182 Å². The summed E-state index contributed by atoms with van der Waals surface area (Å²) >= 11 is 0. The highest BCUT2D eigenvalue weighted by Crippen LogP contribution is 2.32. The molecule has 1 fully saturated rings. The lowest BCUT2D eigenvalue weighted by molar-refractivity contribution is -0.121. The quantitative estimate of drug-likeness (QED) is 0.808. The van der Waals surface area contributed by atoms with Gasteiger partial charge in [-0.15, -0.1) is 0 Å². The number of carbonyl (C=O) groups excluding carboxylic acids is 2. The molecule has 1 N–H and O–H groups in total. The molecule has 4 rings (SSSR count). The number of hydrogen-bond acceptors (Lipinski definition) is 5. The van der Waals surface area contributed by atoms with E-state index in [-0.39, 0.29) is 12.0 Å². The van der Waals surface area contributed by atoms with Gasteiger partial charge in [-0.05, 0) is 51.2 Å². The largest absolute Gasteiger partial charge is 0.444 e. The van der Waals surface area contributed by atoms with E-state index in [1.807, 2.05) is 45.0 Å². The Balaban J connectivity index is 1.53. The average molecular weight is 427 g/mol. The summed E-state index contributed by atoms with van der Waals surface area (Å²) in [5.74, 6) is -0.283. The first-order valence-corrected chi connectivity index (χ1v) is 10.8. The number of hydrogen-bond donors (Lipinski definition) is 1. The van der Waals surface area contributed by atoms with Crippen LogP contribution in [-0.2, 0) is 27.2 Å². The number of amides is 2. The number of nitrogens with one attached hydrogen (secondary N) is 1. The monoisotopic (exact) mass is 426 g/mol. The van der Waals surface area contributed by atoms with Crippen molar-refractivity contribution in [2.24, 2.45) is 0 Å². The second-order valence-electron chi connectivity index (χ2n) is 9.10. The molecule has 1 aromatic heterocycles. The Morgan fingerprint density at radius 1 is 1.29 bits per heavy atom. The van der Waals surface area contributed by atoms with Crippen molar-refractivity contribution in [3.8, 4) is 0 Å². The van der Waals surface area contributed by atoms with Crippen LogP contribution in [0.3, 0.4) is 0 Å². The lowest BCUT2D eigenvalue weighted by Crippen LogP contribution is -2.47. The van der Waals surface area contributed by atoms with Crippen molar-refractivity contribution in [3.63, 3.8) is 0 Å². The van der Waals surface area contributed by atoms with E-state index in [0.717, 1.165) is 30.6 Å². The zero-order chi connectivity index (χ0) is 22.0. The zero-order valence-corrected chi connectivity index (χ0v) is 18.3. The molecule has 3 heterocycles. The standard InChI is InChI=1S/C23H30N4O4/c1-23(2,3)31-22(29)27-11-10-16-7-4-5-9-19(16)20(27)21(28)25-17-13-24-26(14-17)15-18-8-6-12-30-18/h4-5,7,9,13-14,18,20H,6,8,10-12,15H2,1-3H3,(H,25,28)/t18-,20-/m0/s1. The van der Waals surface area contributed by atoms with Crippen molar-refractivity contribution in [2.75, 3.05) is 18.5 Å². The highest BCUT2D eigenvalue weighted by Gasteiger charge is 2.38. The molecule has 8 nitrogen and oxygen atoms in total. The van der Waals surface area contributed by atoms with Crippen LogP contribution in [-0.4, -0.2) is 51.5 Å². The van der Waals surface area contributed by atoms with Gasteiger partial charge >= 0.3 is 6.09 Å². The normalized spacial score (nSPS) is 20.9. The van der Waals surface area contributed by atoms with Crippen molar-refractivity contribution in [3.05, 3.63) is 47.8 Å². The molecule has 2 atom stereocenters. The van der Waals surface area contributed by atoms with Crippen LogP contribution in [0.15, 0.2) is 36.7 Å². The second kappa shape index (κ2) is 8.70. The fourth-order valence-corrected chi connectivity index (χ4v) is 4.10. The molecule has 1 saturated heterocycles. The van der Waals surface area contributed by atoms with Crippen LogP contribution < -0.4 is 5.32 Å². The van der Waals surface area contributed by atoms with Gasteiger partial charge in [0.25, 0.3) is 5.91 Å². The first-order chi connectivity index (χ1) is 14.8. The van der Waals surface area contributed by atoms with Crippen LogP contribution in [0.5, 0.6) is 0 Å². The minimum Gasteiger partial charge on any atom is -0.444 e. The molecule has 0 saturated carbocycles. The highest BCUT2D eigenvalue weighted by molar-refractivity contribution is 5.97. The molecule has 0 unspecified atom stereocenters. The molecular formula is C23H30N4O4. The van der Waals surface area contributed by atoms with Crippen molar-refractivity contribution >= 4 is 17.7 Å². The van der Waals surface area contributed by atoms with Crippen molar-refractivity contribution < 1.29 is 19.1 Å². The Bertz CT molecular complexity index is 943. The summed E-state index contributed by atoms with van der Waals surface area (Å²) in [4.78, 5) is 27.7. The maximum atomic E-state index is 13.3. The number of aromatic nitrogens is 2. The van der Waals surface area contributed by atoms with Crippen LogP contribution in [0.4, 0.5) is 10.5 Å². The summed E-state index contributed by atoms with van der Waals surface area (Å²) in [5.41, 5.74) is 1.84. The molecule has 8 heteroatoms. The highest BCUT2D eigenvalue weighted by atomic mass is 16.6. The summed E-state index contributed by atoms with van der Waals surface area (Å²) in [6, 6.07) is 6.98. The number of carbonyl (C=O) groups is 2. The van der Waals surface area contributed by atoms with E-state index < -0.39 is 17.7 Å². The van der Waals surface area contributed by atoms with Gasteiger partial charge in [-0.1, -0.05) is 24.3 Å². The minimum absolute atomic E-state index is 0.163. The molecule has 31 heavy (non-hydrogen) atoms. The van der Waals surface area contributed by atoms with Gasteiger partial charge in [-0.3, -0.25) is 14.4 Å². The summed E-state index contributed by atoms with van der Waals surface area (Å²) < 4.78 is 13.0. The Morgan fingerprint density at radius 2 is 2.10 bits per heavy atom. The van der Waals surface area contributed by atoms with E-state index in [1.165, 1.54) is 4.90 Å². The molecule has 0 radical (unpaired) electrons. The van der Waals surface area contributed by atoms with Gasteiger partial charge in [-0.25, -0.2) is 4.79 Å². The van der Waals surface area contributed by atoms with Gasteiger partial charge in [-0.2, -0.15) is 5.10 Å². The Hall–Kier alpha value is -2.87. The van der Waals surface area contributed by atoms with Gasteiger partial charge in [0.1, 0.15) is 11.6 Å². The summed E-state index contributed by atoms with van der Waals surface area (Å²) in [5, 5.41) is 7.27. The summed E-state index contributed by atoms with van der Waals surface area (Å²) in [7, 11) is 0. The Morgan fingerprint density at radius 3 is 2.84 bits per heavy atom. The minimum atomic E-state index is -0.763. The zero-order valence-electron chi connectivity index (χ0n) is 18.3. The SMILES string of the molecule is CC(C)(C)OC(=O)N1CCc2ccccc2[C@H]1C(=O)Nc1cnn(C[C@@H]2CCCO2)c1. The van der Waals surface area contributed by atoms with Gasteiger partial charge in [0.05, 0.1) is 24.5 Å². The van der Waals surface area contributed by atoms with Crippen molar-refractivity contribution in [1.29, 1.82) is 0 Å². The number of ether oxygens (including phenoxy) is 2. The van der Waals surface area contributed by atoms with E-state index in [4.69, 9.17) is 9.47 Å². The number of rotatable bonds is 4. The van der Waals surface area contributed by atoms with Gasteiger partial charge < -0.3 is 14.8 Å².